The Morgan fingerprint density at radius 1 is 1.23 bits per heavy atom. The van der Waals surface area contributed by atoms with Gasteiger partial charge in [-0.25, -0.2) is 14.4 Å². The molecule has 0 atom stereocenters. The number of nitrogens with one attached hydrogen (secondary N) is 2. The summed E-state index contributed by atoms with van der Waals surface area (Å²) in [5.74, 6) is 0.0582. The molecule has 2 aromatic heterocycles. The van der Waals surface area contributed by atoms with Crippen LogP contribution < -0.4 is 10.6 Å². The number of hydrogen-bond acceptors (Lipinski definition) is 6. The summed E-state index contributed by atoms with van der Waals surface area (Å²) in [6, 6.07) is 7.37. The van der Waals surface area contributed by atoms with Crippen LogP contribution in [0.15, 0.2) is 30.5 Å². The molecule has 1 aromatic carbocycles. The number of carbonyl (C=O) groups is 2. The van der Waals surface area contributed by atoms with Crippen LogP contribution in [0.2, 0.25) is 0 Å². The van der Waals surface area contributed by atoms with Crippen LogP contribution in [-0.4, -0.2) is 39.8 Å². The molecule has 0 unspecified atom stereocenters. The molecule has 0 saturated heterocycles. The summed E-state index contributed by atoms with van der Waals surface area (Å²) in [7, 11) is 0. The molecule has 0 aliphatic carbocycles. The summed E-state index contributed by atoms with van der Waals surface area (Å²) in [6.07, 6.45) is 3.21. The van der Waals surface area contributed by atoms with E-state index in [0.717, 1.165) is 28.8 Å². The molecule has 2 aliphatic rings. The van der Waals surface area contributed by atoms with Gasteiger partial charge in [0.2, 0.25) is 5.91 Å². The average molecular weight is 494 g/mol. The minimum absolute atomic E-state index is 0.0486. The lowest BCUT2D eigenvalue weighted by atomic mass is 9.91. The van der Waals surface area contributed by atoms with Crippen molar-refractivity contribution in [2.45, 2.75) is 46.6 Å². The second-order valence-corrected chi connectivity index (χ2v) is 11.4. The van der Waals surface area contributed by atoms with Crippen LogP contribution >= 0.6 is 11.3 Å². The van der Waals surface area contributed by atoms with Crippen LogP contribution in [-0.2, 0) is 24.2 Å². The van der Waals surface area contributed by atoms with E-state index in [9.17, 15) is 14.0 Å². The largest absolute Gasteiger partial charge is 0.352 e. The molecule has 4 heterocycles. The smallest absolute Gasteiger partial charge is 0.251 e. The van der Waals surface area contributed by atoms with Gasteiger partial charge in [0.15, 0.2) is 17.5 Å². The van der Waals surface area contributed by atoms with Gasteiger partial charge < -0.3 is 15.5 Å². The van der Waals surface area contributed by atoms with Gasteiger partial charge in [-0.3, -0.25) is 9.59 Å². The Hall–Kier alpha value is -3.33. The zero-order valence-corrected chi connectivity index (χ0v) is 20.9. The Kier molecular flexibility index (Phi) is 6.04. The summed E-state index contributed by atoms with van der Waals surface area (Å²) in [4.78, 5) is 37.4. The molecule has 0 radical (unpaired) electrons. The van der Waals surface area contributed by atoms with E-state index in [-0.39, 0.29) is 23.0 Å². The van der Waals surface area contributed by atoms with Gasteiger partial charge >= 0.3 is 0 Å². The lowest BCUT2D eigenvalue weighted by Crippen LogP contribution is -2.37. The zero-order valence-electron chi connectivity index (χ0n) is 20.1. The molecule has 2 N–H and O–H groups in total. The maximum absolute atomic E-state index is 14.6. The van der Waals surface area contributed by atoms with Gasteiger partial charge in [-0.2, -0.15) is 0 Å². The highest BCUT2D eigenvalue weighted by Crippen LogP contribution is 2.35. The van der Waals surface area contributed by atoms with Crippen LogP contribution in [0.5, 0.6) is 0 Å². The van der Waals surface area contributed by atoms with Gasteiger partial charge in [0.05, 0.1) is 11.1 Å². The molecule has 0 bridgehead atoms. The van der Waals surface area contributed by atoms with E-state index in [4.69, 9.17) is 0 Å². The van der Waals surface area contributed by atoms with Crippen LogP contribution in [0.4, 0.5) is 15.9 Å². The minimum Gasteiger partial charge on any atom is -0.352 e. The highest BCUT2D eigenvalue weighted by Gasteiger charge is 2.27. The van der Waals surface area contributed by atoms with Crippen molar-refractivity contribution in [2.24, 2.45) is 5.41 Å². The number of rotatable bonds is 4. The molecule has 7 nitrogen and oxygen atoms in total. The quantitative estimate of drug-likeness (QED) is 0.550. The van der Waals surface area contributed by atoms with E-state index in [2.05, 4.69) is 41.4 Å². The Morgan fingerprint density at radius 3 is 2.86 bits per heavy atom. The predicted molar refractivity (Wildman–Crippen MR) is 134 cm³/mol. The average Bonchev–Trinajstić information content (AvgIpc) is 3.23. The van der Waals surface area contributed by atoms with E-state index >= 15 is 0 Å². The van der Waals surface area contributed by atoms with Crippen molar-refractivity contribution in [3.05, 3.63) is 57.8 Å². The number of amides is 2. The number of nitrogens with zero attached hydrogens (tertiary/aromatic N) is 3. The number of fused-ring (bicyclic) bond motifs is 2. The van der Waals surface area contributed by atoms with Gasteiger partial charge in [-0.1, -0.05) is 20.8 Å². The van der Waals surface area contributed by atoms with Crippen LogP contribution in [0.1, 0.15) is 53.6 Å². The molecule has 9 heteroatoms. The van der Waals surface area contributed by atoms with Crippen LogP contribution in [0.3, 0.4) is 0 Å². The first-order valence-electron chi connectivity index (χ1n) is 11.8. The van der Waals surface area contributed by atoms with Crippen molar-refractivity contribution < 1.29 is 14.0 Å². The van der Waals surface area contributed by atoms with Crippen molar-refractivity contribution in [1.82, 2.24) is 20.2 Å². The molecule has 35 heavy (non-hydrogen) atoms. The monoisotopic (exact) mass is 493 g/mol. The number of aromatic nitrogens is 2. The number of hydrogen-bond donors (Lipinski definition) is 2. The van der Waals surface area contributed by atoms with Crippen molar-refractivity contribution in [3.8, 4) is 10.7 Å². The maximum atomic E-state index is 14.6. The van der Waals surface area contributed by atoms with Gasteiger partial charge in [-0.15, -0.1) is 11.3 Å². The van der Waals surface area contributed by atoms with Crippen molar-refractivity contribution in [1.29, 1.82) is 0 Å². The maximum Gasteiger partial charge on any atom is 0.251 e. The Bertz CT molecular complexity index is 1310. The predicted octanol–water partition coefficient (Wildman–Crippen LogP) is 4.69. The molecule has 0 fully saturated rings. The fourth-order valence-corrected chi connectivity index (χ4v) is 5.54. The number of anilines is 2. The Balaban J connectivity index is 1.35. The normalized spacial score (nSPS) is 15.3. The van der Waals surface area contributed by atoms with Crippen LogP contribution in [0.25, 0.3) is 10.7 Å². The lowest BCUT2D eigenvalue weighted by molar-refractivity contribution is -0.134. The molecule has 3 aromatic rings. The van der Waals surface area contributed by atoms with Crippen molar-refractivity contribution >= 4 is 34.7 Å². The summed E-state index contributed by atoms with van der Waals surface area (Å²) in [5.41, 5.74) is 3.29. The highest BCUT2D eigenvalue weighted by molar-refractivity contribution is 7.15. The third-order valence-corrected chi connectivity index (χ3v) is 7.39. The van der Waals surface area contributed by atoms with E-state index < -0.39 is 5.82 Å². The fourth-order valence-electron chi connectivity index (χ4n) is 4.44. The standard InChI is InChI=1S/C26H28FN5O2S/c1-26(2,3)12-22(33)32-9-7-20-16(14-32)11-21(35-20)24-29-13-19(27)23(31-24)30-17-4-5-18-15(10-17)6-8-28-25(18)34/h4-5,10-11,13H,6-9,12,14H2,1-3H3,(H,28,34)(H,29,30,31). The lowest BCUT2D eigenvalue weighted by Gasteiger charge is -2.29. The van der Waals surface area contributed by atoms with E-state index in [1.165, 1.54) is 11.1 Å². The van der Waals surface area contributed by atoms with Gasteiger partial charge in [-0.05, 0) is 53.6 Å². The molecule has 2 amide bonds. The molecule has 2 aliphatic heterocycles. The second kappa shape index (κ2) is 9.03. The van der Waals surface area contributed by atoms with E-state index in [1.54, 1.807) is 23.5 Å². The number of thiophene rings is 1. The topological polar surface area (TPSA) is 87.2 Å². The van der Waals surface area contributed by atoms with Gasteiger partial charge in [0.25, 0.3) is 5.91 Å². The number of carbonyl (C=O) groups excluding carboxylic acids is 2. The van der Waals surface area contributed by atoms with Gasteiger partial charge in [0.1, 0.15) is 0 Å². The summed E-state index contributed by atoms with van der Waals surface area (Å²) in [6.45, 7) is 8.08. The third kappa shape index (κ3) is 5.05. The first-order valence-corrected chi connectivity index (χ1v) is 12.6. The highest BCUT2D eigenvalue weighted by atomic mass is 32.1. The van der Waals surface area contributed by atoms with E-state index in [1.807, 2.05) is 17.0 Å². The SMILES string of the molecule is CC(C)(C)CC(=O)N1CCc2sc(-c3ncc(F)c(Nc4ccc5c(c4)CCNC5=O)n3)cc2C1. The Morgan fingerprint density at radius 2 is 2.06 bits per heavy atom. The second-order valence-electron chi connectivity index (χ2n) is 10.3. The molecule has 0 saturated carbocycles. The van der Waals surface area contributed by atoms with Crippen molar-refractivity contribution in [2.75, 3.05) is 18.4 Å². The van der Waals surface area contributed by atoms with E-state index in [0.29, 0.717) is 43.1 Å². The minimum atomic E-state index is -0.551. The zero-order chi connectivity index (χ0) is 24.7. The molecular weight excluding hydrogens is 465 g/mol. The van der Waals surface area contributed by atoms with Crippen molar-refractivity contribution in [3.63, 3.8) is 0 Å². The number of halogens is 1. The fraction of sp³-hybridized carbons (Fsp3) is 0.385. The first kappa shape index (κ1) is 23.4. The molecule has 0 spiro atoms. The first-order chi connectivity index (χ1) is 16.7. The number of benzene rings is 1. The molecular formula is C26H28FN5O2S. The summed E-state index contributed by atoms with van der Waals surface area (Å²) < 4.78 is 14.6. The molecule has 5 rings (SSSR count). The summed E-state index contributed by atoms with van der Waals surface area (Å²) in [5, 5.41) is 5.87. The Labute approximate surface area is 207 Å². The van der Waals surface area contributed by atoms with Crippen LogP contribution in [0, 0.1) is 11.2 Å². The molecule has 182 valence electrons. The van der Waals surface area contributed by atoms with Gasteiger partial charge in [0, 0.05) is 42.2 Å². The third-order valence-electron chi connectivity index (χ3n) is 6.16. The summed E-state index contributed by atoms with van der Waals surface area (Å²) >= 11 is 1.60.